The molecular weight excluding hydrogens is 228 g/mol. The van der Waals surface area contributed by atoms with Gasteiger partial charge in [0.15, 0.2) is 5.11 Å². The standard InChI is InChI=1S/C14H26N2S/c17-14(16-13-8-2-1-3-9-13)15-11-10-12-6-4-5-7-12/h12-13H,1-11H2,(H2,15,16,17). The average Bonchev–Trinajstić information content (AvgIpc) is 2.83. The summed E-state index contributed by atoms with van der Waals surface area (Å²) in [7, 11) is 0. The number of thiocarbonyl (C=S) groups is 1. The Bertz CT molecular complexity index is 230. The van der Waals surface area contributed by atoms with Crippen molar-refractivity contribution < 1.29 is 0 Å². The lowest BCUT2D eigenvalue weighted by Crippen LogP contribution is -2.43. The zero-order valence-electron chi connectivity index (χ0n) is 10.8. The second-order valence-electron chi connectivity index (χ2n) is 5.67. The minimum atomic E-state index is 0.634. The molecule has 0 bridgehead atoms. The maximum absolute atomic E-state index is 5.35. The van der Waals surface area contributed by atoms with Gasteiger partial charge in [0.1, 0.15) is 0 Å². The van der Waals surface area contributed by atoms with Gasteiger partial charge in [0, 0.05) is 12.6 Å². The number of hydrogen-bond donors (Lipinski definition) is 2. The normalized spacial score (nSPS) is 22.6. The molecule has 0 saturated heterocycles. The molecular formula is C14H26N2S. The van der Waals surface area contributed by atoms with E-state index in [9.17, 15) is 0 Å². The zero-order valence-corrected chi connectivity index (χ0v) is 11.7. The van der Waals surface area contributed by atoms with Gasteiger partial charge in [-0.2, -0.15) is 0 Å². The van der Waals surface area contributed by atoms with Crippen molar-refractivity contribution in [1.82, 2.24) is 10.6 Å². The summed E-state index contributed by atoms with van der Waals surface area (Å²) in [6.07, 6.45) is 13.8. The van der Waals surface area contributed by atoms with Crippen LogP contribution in [0, 0.1) is 5.92 Å². The predicted octanol–water partition coefficient (Wildman–Crippen LogP) is 3.36. The lowest BCUT2D eigenvalue weighted by molar-refractivity contribution is 0.411. The van der Waals surface area contributed by atoms with Gasteiger partial charge in [-0.3, -0.25) is 0 Å². The Morgan fingerprint density at radius 3 is 2.29 bits per heavy atom. The van der Waals surface area contributed by atoms with E-state index in [0.717, 1.165) is 17.6 Å². The first kappa shape index (κ1) is 13.1. The minimum Gasteiger partial charge on any atom is -0.363 e. The molecule has 2 N–H and O–H groups in total. The molecule has 2 aliphatic carbocycles. The van der Waals surface area contributed by atoms with Crippen LogP contribution in [0.5, 0.6) is 0 Å². The largest absolute Gasteiger partial charge is 0.363 e. The quantitative estimate of drug-likeness (QED) is 0.752. The molecule has 2 rings (SSSR count). The summed E-state index contributed by atoms with van der Waals surface area (Å²) >= 11 is 5.35. The fourth-order valence-electron chi connectivity index (χ4n) is 3.17. The van der Waals surface area contributed by atoms with Gasteiger partial charge in [-0.05, 0) is 37.4 Å². The van der Waals surface area contributed by atoms with E-state index in [1.807, 2.05) is 0 Å². The Hall–Kier alpha value is -0.310. The first-order chi connectivity index (χ1) is 8.34. The number of rotatable bonds is 4. The van der Waals surface area contributed by atoms with Gasteiger partial charge < -0.3 is 10.6 Å². The molecule has 0 radical (unpaired) electrons. The van der Waals surface area contributed by atoms with Crippen LogP contribution >= 0.6 is 12.2 Å². The minimum absolute atomic E-state index is 0.634. The molecule has 0 amide bonds. The summed E-state index contributed by atoms with van der Waals surface area (Å²) in [4.78, 5) is 0. The molecule has 2 aliphatic rings. The van der Waals surface area contributed by atoms with Gasteiger partial charge in [0.2, 0.25) is 0 Å². The SMILES string of the molecule is S=C(NCCC1CCCC1)NC1CCCCC1. The lowest BCUT2D eigenvalue weighted by Gasteiger charge is -2.24. The summed E-state index contributed by atoms with van der Waals surface area (Å²) in [5.41, 5.74) is 0. The van der Waals surface area contributed by atoms with Crippen LogP contribution in [-0.4, -0.2) is 17.7 Å². The van der Waals surface area contributed by atoms with Crippen LogP contribution in [0.25, 0.3) is 0 Å². The molecule has 0 unspecified atom stereocenters. The highest BCUT2D eigenvalue weighted by atomic mass is 32.1. The summed E-state index contributed by atoms with van der Waals surface area (Å²) in [6.45, 7) is 1.06. The van der Waals surface area contributed by atoms with Crippen molar-refractivity contribution in [2.75, 3.05) is 6.54 Å². The Labute approximate surface area is 111 Å². The molecule has 2 nitrogen and oxygen atoms in total. The summed E-state index contributed by atoms with van der Waals surface area (Å²) < 4.78 is 0. The van der Waals surface area contributed by atoms with Crippen molar-refractivity contribution >= 4 is 17.3 Å². The first-order valence-electron chi connectivity index (χ1n) is 7.39. The summed E-state index contributed by atoms with van der Waals surface area (Å²) in [5.74, 6) is 0.958. The molecule has 0 aliphatic heterocycles. The highest BCUT2D eigenvalue weighted by Gasteiger charge is 2.16. The van der Waals surface area contributed by atoms with E-state index in [2.05, 4.69) is 10.6 Å². The molecule has 0 spiro atoms. The molecule has 0 aromatic heterocycles. The van der Waals surface area contributed by atoms with E-state index in [1.54, 1.807) is 0 Å². The van der Waals surface area contributed by atoms with Crippen molar-refractivity contribution in [3.8, 4) is 0 Å². The fraction of sp³-hybridized carbons (Fsp3) is 0.929. The van der Waals surface area contributed by atoms with E-state index in [4.69, 9.17) is 12.2 Å². The average molecular weight is 254 g/mol. The lowest BCUT2D eigenvalue weighted by atomic mass is 9.96. The summed E-state index contributed by atoms with van der Waals surface area (Å²) in [5, 5.41) is 7.73. The molecule has 0 atom stereocenters. The molecule has 0 heterocycles. The van der Waals surface area contributed by atoms with E-state index in [-0.39, 0.29) is 0 Å². The van der Waals surface area contributed by atoms with Gasteiger partial charge >= 0.3 is 0 Å². The molecule has 2 fully saturated rings. The van der Waals surface area contributed by atoms with E-state index in [0.29, 0.717) is 6.04 Å². The van der Waals surface area contributed by atoms with E-state index >= 15 is 0 Å². The zero-order chi connectivity index (χ0) is 11.9. The van der Waals surface area contributed by atoms with Gasteiger partial charge in [-0.25, -0.2) is 0 Å². The predicted molar refractivity (Wildman–Crippen MR) is 77.2 cm³/mol. The van der Waals surface area contributed by atoms with Crippen molar-refractivity contribution in [3.63, 3.8) is 0 Å². The van der Waals surface area contributed by atoms with Crippen LogP contribution < -0.4 is 10.6 Å². The number of hydrogen-bond acceptors (Lipinski definition) is 1. The molecule has 17 heavy (non-hydrogen) atoms. The second kappa shape index (κ2) is 7.20. The first-order valence-corrected chi connectivity index (χ1v) is 7.80. The second-order valence-corrected chi connectivity index (χ2v) is 6.08. The molecule has 0 aromatic carbocycles. The highest BCUT2D eigenvalue weighted by Crippen LogP contribution is 2.26. The van der Waals surface area contributed by atoms with Gasteiger partial charge in [-0.1, -0.05) is 44.9 Å². The maximum Gasteiger partial charge on any atom is 0.166 e. The van der Waals surface area contributed by atoms with Crippen LogP contribution in [0.1, 0.15) is 64.2 Å². The van der Waals surface area contributed by atoms with Crippen LogP contribution in [0.2, 0.25) is 0 Å². The smallest absolute Gasteiger partial charge is 0.166 e. The Kier molecular flexibility index (Phi) is 5.56. The Morgan fingerprint density at radius 1 is 0.941 bits per heavy atom. The van der Waals surface area contributed by atoms with Gasteiger partial charge in [-0.15, -0.1) is 0 Å². The fourth-order valence-corrected chi connectivity index (χ4v) is 3.44. The third-order valence-electron chi connectivity index (χ3n) is 4.25. The van der Waals surface area contributed by atoms with Gasteiger partial charge in [0.25, 0.3) is 0 Å². The molecule has 2 saturated carbocycles. The van der Waals surface area contributed by atoms with Crippen LogP contribution in [0.3, 0.4) is 0 Å². The maximum atomic E-state index is 5.35. The van der Waals surface area contributed by atoms with Crippen molar-refractivity contribution in [2.24, 2.45) is 5.92 Å². The topological polar surface area (TPSA) is 24.1 Å². The number of nitrogens with one attached hydrogen (secondary N) is 2. The van der Waals surface area contributed by atoms with Gasteiger partial charge in [0.05, 0.1) is 0 Å². The monoisotopic (exact) mass is 254 g/mol. The molecule has 0 aromatic rings. The van der Waals surface area contributed by atoms with Crippen molar-refractivity contribution in [3.05, 3.63) is 0 Å². The Morgan fingerprint density at radius 2 is 1.59 bits per heavy atom. The summed E-state index contributed by atoms with van der Waals surface area (Å²) in [6, 6.07) is 0.634. The van der Waals surface area contributed by atoms with Crippen molar-refractivity contribution in [2.45, 2.75) is 70.3 Å². The Balaban J connectivity index is 1.53. The molecule has 3 heteroatoms. The molecule has 98 valence electrons. The van der Waals surface area contributed by atoms with E-state index < -0.39 is 0 Å². The van der Waals surface area contributed by atoms with Crippen molar-refractivity contribution in [1.29, 1.82) is 0 Å². The highest BCUT2D eigenvalue weighted by molar-refractivity contribution is 7.80. The van der Waals surface area contributed by atoms with Crippen LogP contribution in [-0.2, 0) is 0 Å². The third-order valence-corrected chi connectivity index (χ3v) is 4.52. The third kappa shape index (κ3) is 4.82. The van der Waals surface area contributed by atoms with Crippen LogP contribution in [0.4, 0.5) is 0 Å². The van der Waals surface area contributed by atoms with Crippen LogP contribution in [0.15, 0.2) is 0 Å². The van der Waals surface area contributed by atoms with E-state index in [1.165, 1.54) is 64.2 Å².